The molecule has 2 unspecified atom stereocenters. The molecule has 0 aromatic carbocycles. The number of esters is 2. The zero-order chi connectivity index (χ0) is 42.6. The van der Waals surface area contributed by atoms with E-state index in [4.69, 9.17) is 24.3 Å². The number of phosphoric acid groups is 1. The van der Waals surface area contributed by atoms with Gasteiger partial charge < -0.3 is 25.2 Å². The maximum Gasteiger partial charge on any atom is 0.472 e. The third-order valence-electron chi connectivity index (χ3n) is 7.63. The summed E-state index contributed by atoms with van der Waals surface area (Å²) in [5, 5.41) is 10.0. The molecule has 0 fully saturated rings. The van der Waals surface area contributed by atoms with E-state index in [9.17, 15) is 24.2 Å². The largest absolute Gasteiger partial charge is 0.472 e. The van der Waals surface area contributed by atoms with E-state index in [0.29, 0.717) is 32.1 Å². The van der Waals surface area contributed by atoms with Crippen LogP contribution in [0.3, 0.4) is 0 Å². The van der Waals surface area contributed by atoms with Crippen molar-refractivity contribution in [2.24, 2.45) is 5.73 Å². The van der Waals surface area contributed by atoms with Crippen LogP contribution in [0.15, 0.2) is 134 Å². The van der Waals surface area contributed by atoms with Crippen molar-refractivity contribution in [3.63, 3.8) is 0 Å². The van der Waals surface area contributed by atoms with Crippen molar-refractivity contribution in [3.8, 4) is 0 Å². The summed E-state index contributed by atoms with van der Waals surface area (Å²) in [6.07, 6.45) is 53.9. The highest BCUT2D eigenvalue weighted by Crippen LogP contribution is 2.43. The highest BCUT2D eigenvalue weighted by molar-refractivity contribution is 7.47. The number of phosphoric ester groups is 1. The number of allylic oxidation sites excluding steroid dienone is 20. The Morgan fingerprint density at radius 3 is 1.66 bits per heavy atom. The van der Waals surface area contributed by atoms with Crippen LogP contribution in [0.1, 0.15) is 110 Å². The molecule has 0 rings (SSSR count). The number of aliphatic hydroxyl groups excluding tert-OH is 1. The Hall–Kier alpha value is -3.89. The normalized spacial score (nSPS) is 15.2. The number of nitrogens with two attached hydrogens (primary N) is 1. The standard InChI is InChI=1S/C47H72NO9P/c1-3-5-7-9-11-12-13-14-15-16-17-18-19-20-21-22-27-31-35-39-47(51)57-45(43-56-58(52,53)55-41-40-48)42-54-46(50)38-34-30-26-24-23-25-29-33-37-44(49)36-32-28-10-8-6-4-2/h5-8,11-12,14-15,17-18,20-21,24-29,31-33,37,44-45,49H,3-4,9-10,13,16,19,22-23,30,34-36,38-43,48H2,1-2H3,(H,52,53)/b7-5-,8-6-,12-11-,15-14-,18-17-,21-20-,26-24-,29-25-,31-27-,32-28-,37-33+/t44?,45-/m1/s1. The lowest BCUT2D eigenvalue weighted by Gasteiger charge is -2.19. The number of unbranched alkanes of at least 4 members (excludes halogenated alkanes) is 1. The van der Waals surface area contributed by atoms with Gasteiger partial charge in [-0.25, -0.2) is 4.57 Å². The third kappa shape index (κ3) is 40.3. The summed E-state index contributed by atoms with van der Waals surface area (Å²) >= 11 is 0. The van der Waals surface area contributed by atoms with Crippen molar-refractivity contribution in [1.29, 1.82) is 0 Å². The van der Waals surface area contributed by atoms with Crippen LogP contribution in [0.25, 0.3) is 0 Å². The summed E-state index contributed by atoms with van der Waals surface area (Å²) < 4.78 is 32.5. The maximum absolute atomic E-state index is 12.5. The first-order valence-corrected chi connectivity index (χ1v) is 22.3. The minimum absolute atomic E-state index is 0.0168. The average Bonchev–Trinajstić information content (AvgIpc) is 3.21. The number of hydrogen-bond acceptors (Lipinski definition) is 9. The monoisotopic (exact) mass is 825 g/mol. The minimum Gasteiger partial charge on any atom is -0.462 e. The molecule has 324 valence electrons. The summed E-state index contributed by atoms with van der Waals surface area (Å²) in [6.45, 7) is 3.21. The fourth-order valence-corrected chi connectivity index (χ4v) is 5.37. The minimum atomic E-state index is -4.43. The van der Waals surface area contributed by atoms with Gasteiger partial charge in [-0.15, -0.1) is 0 Å². The van der Waals surface area contributed by atoms with E-state index in [-0.39, 0.29) is 32.6 Å². The fourth-order valence-electron chi connectivity index (χ4n) is 4.60. The quantitative estimate of drug-likeness (QED) is 0.0183. The Morgan fingerprint density at radius 2 is 1.10 bits per heavy atom. The van der Waals surface area contributed by atoms with Crippen LogP contribution in [0.5, 0.6) is 0 Å². The van der Waals surface area contributed by atoms with E-state index in [2.05, 4.69) is 86.8 Å². The van der Waals surface area contributed by atoms with Crippen LogP contribution in [0.2, 0.25) is 0 Å². The lowest BCUT2D eigenvalue weighted by atomic mass is 10.2. The molecule has 0 spiro atoms. The van der Waals surface area contributed by atoms with Gasteiger partial charge in [-0.1, -0.05) is 148 Å². The Balaban J connectivity index is 4.50. The summed E-state index contributed by atoms with van der Waals surface area (Å²) in [5.41, 5.74) is 5.33. The first-order valence-electron chi connectivity index (χ1n) is 20.8. The molecule has 0 amide bonds. The van der Waals surface area contributed by atoms with E-state index < -0.39 is 38.6 Å². The lowest BCUT2D eigenvalue weighted by molar-refractivity contribution is -0.161. The Bertz CT molecular complexity index is 1420. The molecule has 10 nitrogen and oxygen atoms in total. The second-order valence-electron chi connectivity index (χ2n) is 12.9. The number of aliphatic hydroxyl groups is 1. The van der Waals surface area contributed by atoms with Crippen molar-refractivity contribution in [3.05, 3.63) is 134 Å². The molecule has 3 atom stereocenters. The first kappa shape index (κ1) is 54.1. The second-order valence-corrected chi connectivity index (χ2v) is 14.4. The summed E-state index contributed by atoms with van der Waals surface area (Å²) in [7, 11) is -4.43. The summed E-state index contributed by atoms with van der Waals surface area (Å²) in [4.78, 5) is 34.8. The van der Waals surface area contributed by atoms with Gasteiger partial charge >= 0.3 is 19.8 Å². The summed E-state index contributed by atoms with van der Waals surface area (Å²) in [5.74, 6) is -1.05. The van der Waals surface area contributed by atoms with Gasteiger partial charge in [0.25, 0.3) is 0 Å². The van der Waals surface area contributed by atoms with Crippen molar-refractivity contribution >= 4 is 19.8 Å². The molecule has 0 heterocycles. The summed E-state index contributed by atoms with van der Waals surface area (Å²) in [6, 6.07) is 0. The van der Waals surface area contributed by atoms with Crippen LogP contribution < -0.4 is 5.73 Å². The van der Waals surface area contributed by atoms with Gasteiger partial charge in [-0.05, 0) is 83.5 Å². The van der Waals surface area contributed by atoms with Crippen molar-refractivity contribution in [2.45, 2.75) is 122 Å². The van der Waals surface area contributed by atoms with Gasteiger partial charge in [-0.2, -0.15) is 0 Å². The molecule has 0 aromatic heterocycles. The van der Waals surface area contributed by atoms with Gasteiger partial charge in [0.05, 0.1) is 19.3 Å². The molecular formula is C47H72NO9P. The molecule has 0 aromatic rings. The Kier molecular flexibility index (Phi) is 38.5. The van der Waals surface area contributed by atoms with Crippen LogP contribution >= 0.6 is 7.82 Å². The maximum atomic E-state index is 12.5. The molecule has 0 aliphatic rings. The molecule has 0 aliphatic carbocycles. The molecular weight excluding hydrogens is 753 g/mol. The predicted octanol–water partition coefficient (Wildman–Crippen LogP) is 10.9. The van der Waals surface area contributed by atoms with Crippen molar-refractivity contribution < 1.29 is 42.7 Å². The van der Waals surface area contributed by atoms with Gasteiger partial charge in [0, 0.05) is 19.4 Å². The first-order chi connectivity index (χ1) is 28.2. The smallest absolute Gasteiger partial charge is 0.462 e. The second kappa shape index (κ2) is 41.3. The zero-order valence-corrected chi connectivity index (χ0v) is 36.0. The van der Waals surface area contributed by atoms with Gasteiger partial charge in [0.1, 0.15) is 6.61 Å². The molecule has 11 heteroatoms. The van der Waals surface area contributed by atoms with E-state index in [1.54, 1.807) is 6.08 Å². The van der Waals surface area contributed by atoms with Gasteiger partial charge in [-0.3, -0.25) is 18.6 Å². The SMILES string of the molecule is CC/C=C\C/C=C\C/C=C\C/C=C\C/C=C\C/C=C\CCC(=O)O[C@H](COC(=O)CCC/C=C\C/C=C\C=C\C(O)C/C=C\C/C=C\CC)COP(=O)(O)OCCN. The molecule has 0 aliphatic heterocycles. The number of ether oxygens (including phenoxy) is 2. The molecule has 4 N–H and O–H groups in total. The number of carbonyl (C=O) groups is 2. The highest BCUT2D eigenvalue weighted by Gasteiger charge is 2.25. The molecule has 0 bridgehead atoms. The van der Waals surface area contributed by atoms with E-state index in [1.807, 2.05) is 54.7 Å². The molecule has 0 radical (unpaired) electrons. The van der Waals surface area contributed by atoms with Crippen LogP contribution in [-0.4, -0.2) is 60.5 Å². The molecule has 0 saturated heterocycles. The molecule has 0 saturated carbocycles. The van der Waals surface area contributed by atoms with E-state index in [0.717, 1.165) is 51.4 Å². The van der Waals surface area contributed by atoms with Crippen molar-refractivity contribution in [1.82, 2.24) is 0 Å². The van der Waals surface area contributed by atoms with Crippen molar-refractivity contribution in [2.75, 3.05) is 26.4 Å². The number of carbonyl (C=O) groups excluding carboxylic acids is 2. The topological polar surface area (TPSA) is 155 Å². The van der Waals surface area contributed by atoms with Gasteiger partial charge in [0.15, 0.2) is 6.10 Å². The average molecular weight is 826 g/mol. The van der Waals surface area contributed by atoms with E-state index >= 15 is 0 Å². The van der Waals surface area contributed by atoms with Crippen LogP contribution in [0.4, 0.5) is 0 Å². The van der Waals surface area contributed by atoms with E-state index in [1.165, 1.54) is 0 Å². The Labute approximate surface area is 349 Å². The fraction of sp³-hybridized carbons (Fsp3) is 0.489. The zero-order valence-electron chi connectivity index (χ0n) is 35.1. The van der Waals surface area contributed by atoms with Gasteiger partial charge in [0.2, 0.25) is 0 Å². The van der Waals surface area contributed by atoms with Crippen LogP contribution in [0, 0.1) is 0 Å². The highest BCUT2D eigenvalue weighted by atomic mass is 31.2. The molecule has 58 heavy (non-hydrogen) atoms. The lowest BCUT2D eigenvalue weighted by Crippen LogP contribution is -2.29. The number of hydrogen-bond donors (Lipinski definition) is 3. The Morgan fingerprint density at radius 1 is 0.603 bits per heavy atom. The predicted molar refractivity (Wildman–Crippen MR) is 239 cm³/mol. The number of rotatable bonds is 36. The third-order valence-corrected chi connectivity index (χ3v) is 8.61. The van der Waals surface area contributed by atoms with Crippen LogP contribution in [-0.2, 0) is 32.7 Å².